The molecular weight excluding hydrogens is 200 g/mol. The summed E-state index contributed by atoms with van der Waals surface area (Å²) in [4.78, 5) is 0. The molecule has 0 unspecified atom stereocenters. The minimum atomic E-state index is -1.02. The molecule has 16 heavy (non-hydrogen) atoms. The lowest BCUT2D eigenvalue weighted by atomic mass is 9.58. The minimum absolute atomic E-state index is 0.367. The molecule has 3 nitrogen and oxygen atoms in total. The molecule has 1 rings (SSSR count). The van der Waals surface area contributed by atoms with Crippen LogP contribution in [0.25, 0.3) is 0 Å². The first kappa shape index (κ1) is 13.3. The molecule has 0 spiro atoms. The molecule has 0 atom stereocenters. The van der Waals surface area contributed by atoms with E-state index in [1.807, 2.05) is 24.3 Å². The van der Waals surface area contributed by atoms with Gasteiger partial charge in [-0.15, -0.1) is 0 Å². The Morgan fingerprint density at radius 2 is 1.62 bits per heavy atom. The van der Waals surface area contributed by atoms with Crippen molar-refractivity contribution < 1.29 is 9.47 Å². The summed E-state index contributed by atoms with van der Waals surface area (Å²) >= 11 is 0. The molecule has 0 bridgehead atoms. The van der Waals surface area contributed by atoms with Gasteiger partial charge in [0.25, 0.3) is 0 Å². The van der Waals surface area contributed by atoms with Gasteiger partial charge in [0.2, 0.25) is 0 Å². The lowest BCUT2D eigenvalue weighted by molar-refractivity contribution is -0.106. The zero-order valence-corrected chi connectivity index (χ0v) is 9.86. The number of ether oxygens (including phenoxy) is 2. The molecule has 0 amide bonds. The average molecular weight is 215 g/mol. The molecule has 4 radical (unpaired) electrons. The highest BCUT2D eigenvalue weighted by Gasteiger charge is 2.17. The third-order valence-corrected chi connectivity index (χ3v) is 2.50. The molecule has 0 heterocycles. The maximum Gasteiger partial charge on any atom is 0.183 e. The standard InChI is InChI=1S/C11H15B2NO2/c1-14-11(12,13)9-6-4-8(5-7-9)10(15-2)16-3/h4-7,10,14H,1-3H3. The van der Waals surface area contributed by atoms with Crippen molar-refractivity contribution >= 4 is 15.7 Å². The Morgan fingerprint density at radius 3 is 2.00 bits per heavy atom. The molecule has 0 aliphatic rings. The monoisotopic (exact) mass is 215 g/mol. The lowest BCUT2D eigenvalue weighted by Crippen LogP contribution is -2.40. The van der Waals surface area contributed by atoms with Crippen LogP contribution in [0.2, 0.25) is 0 Å². The summed E-state index contributed by atoms with van der Waals surface area (Å²) < 4.78 is 10.3. The van der Waals surface area contributed by atoms with Gasteiger partial charge in [0, 0.05) is 19.8 Å². The fourth-order valence-electron chi connectivity index (χ4n) is 1.43. The fourth-order valence-corrected chi connectivity index (χ4v) is 1.43. The van der Waals surface area contributed by atoms with Crippen molar-refractivity contribution in [3.63, 3.8) is 0 Å². The van der Waals surface area contributed by atoms with E-state index >= 15 is 0 Å². The van der Waals surface area contributed by atoms with Crippen molar-refractivity contribution in [3.05, 3.63) is 35.4 Å². The van der Waals surface area contributed by atoms with Crippen LogP contribution in [-0.2, 0) is 14.8 Å². The predicted octanol–water partition coefficient (Wildman–Crippen LogP) is 0.645. The van der Waals surface area contributed by atoms with E-state index in [1.54, 1.807) is 21.3 Å². The van der Waals surface area contributed by atoms with Gasteiger partial charge in [0.1, 0.15) is 0 Å². The molecule has 0 saturated carbocycles. The number of hydrogen-bond donors (Lipinski definition) is 1. The van der Waals surface area contributed by atoms with Crippen LogP contribution < -0.4 is 5.32 Å². The van der Waals surface area contributed by atoms with Crippen LogP contribution in [-0.4, -0.2) is 37.0 Å². The Balaban J connectivity index is 2.90. The molecule has 5 heteroatoms. The van der Waals surface area contributed by atoms with E-state index in [9.17, 15) is 0 Å². The Bertz CT molecular complexity index is 323. The van der Waals surface area contributed by atoms with Gasteiger partial charge < -0.3 is 14.8 Å². The summed E-state index contributed by atoms with van der Waals surface area (Å²) in [7, 11) is 16.6. The van der Waals surface area contributed by atoms with Crippen molar-refractivity contribution in [1.82, 2.24) is 5.32 Å². The second-order valence-corrected chi connectivity index (χ2v) is 3.54. The van der Waals surface area contributed by atoms with Crippen LogP contribution in [0.3, 0.4) is 0 Å². The highest BCUT2D eigenvalue weighted by Crippen LogP contribution is 2.20. The zero-order valence-electron chi connectivity index (χ0n) is 9.86. The van der Waals surface area contributed by atoms with Crippen LogP contribution in [0.4, 0.5) is 0 Å². The van der Waals surface area contributed by atoms with Crippen molar-refractivity contribution in [2.24, 2.45) is 0 Å². The van der Waals surface area contributed by atoms with Crippen molar-refractivity contribution in [2.45, 2.75) is 11.6 Å². The van der Waals surface area contributed by atoms with E-state index in [-0.39, 0.29) is 6.29 Å². The number of rotatable bonds is 5. The van der Waals surface area contributed by atoms with E-state index in [4.69, 9.17) is 25.2 Å². The predicted molar refractivity (Wildman–Crippen MR) is 65.4 cm³/mol. The Hall–Kier alpha value is -0.770. The first-order valence-electron chi connectivity index (χ1n) is 4.98. The summed E-state index contributed by atoms with van der Waals surface area (Å²) in [6.07, 6.45) is -0.367. The highest BCUT2D eigenvalue weighted by atomic mass is 16.7. The van der Waals surface area contributed by atoms with Gasteiger partial charge in [-0.2, -0.15) is 0 Å². The van der Waals surface area contributed by atoms with Crippen LogP contribution >= 0.6 is 0 Å². The van der Waals surface area contributed by atoms with E-state index in [0.717, 1.165) is 11.1 Å². The molecule has 0 aliphatic heterocycles. The van der Waals surface area contributed by atoms with E-state index < -0.39 is 5.34 Å². The van der Waals surface area contributed by atoms with Gasteiger partial charge in [0.05, 0.1) is 15.7 Å². The first-order valence-corrected chi connectivity index (χ1v) is 4.98. The summed E-state index contributed by atoms with van der Waals surface area (Å²) in [5, 5.41) is 1.81. The molecule has 0 aliphatic carbocycles. The maximum atomic E-state index is 5.83. The van der Waals surface area contributed by atoms with Crippen LogP contribution in [0, 0.1) is 0 Å². The molecule has 82 valence electrons. The SMILES string of the molecule is [B]C([B])(NC)c1ccc(C(OC)OC)cc1. The number of methoxy groups -OCH3 is 2. The van der Waals surface area contributed by atoms with Gasteiger partial charge in [-0.25, -0.2) is 0 Å². The number of nitrogens with one attached hydrogen (secondary N) is 1. The third-order valence-electron chi connectivity index (χ3n) is 2.50. The zero-order chi connectivity index (χ0) is 12.2. The molecule has 1 aromatic carbocycles. The quantitative estimate of drug-likeness (QED) is 0.577. The third kappa shape index (κ3) is 2.88. The van der Waals surface area contributed by atoms with Crippen molar-refractivity contribution in [1.29, 1.82) is 0 Å². The summed E-state index contributed by atoms with van der Waals surface area (Å²) in [5.74, 6) is 0. The van der Waals surface area contributed by atoms with Gasteiger partial charge in [-0.05, 0) is 17.9 Å². The fraction of sp³-hybridized carbons (Fsp3) is 0.455. The summed E-state index contributed by atoms with van der Waals surface area (Å²) in [6, 6.07) is 7.44. The molecule has 1 N–H and O–H groups in total. The molecular formula is C11H15B2NO2. The highest BCUT2D eigenvalue weighted by molar-refractivity contribution is 6.39. The minimum Gasteiger partial charge on any atom is -0.352 e. The van der Waals surface area contributed by atoms with E-state index in [2.05, 4.69) is 5.32 Å². The molecule has 0 fully saturated rings. The topological polar surface area (TPSA) is 30.5 Å². The van der Waals surface area contributed by atoms with Gasteiger partial charge in [-0.1, -0.05) is 24.3 Å². The van der Waals surface area contributed by atoms with E-state index in [0.29, 0.717) is 0 Å². The smallest absolute Gasteiger partial charge is 0.183 e. The van der Waals surface area contributed by atoms with Crippen LogP contribution in [0.5, 0.6) is 0 Å². The molecule has 1 aromatic rings. The largest absolute Gasteiger partial charge is 0.352 e. The van der Waals surface area contributed by atoms with Crippen molar-refractivity contribution in [2.75, 3.05) is 21.3 Å². The second-order valence-electron chi connectivity index (χ2n) is 3.54. The van der Waals surface area contributed by atoms with E-state index in [1.165, 1.54) is 0 Å². The maximum absolute atomic E-state index is 5.83. The molecule has 0 saturated heterocycles. The number of hydrogen-bond acceptors (Lipinski definition) is 3. The van der Waals surface area contributed by atoms with Crippen molar-refractivity contribution in [3.8, 4) is 0 Å². The first-order chi connectivity index (χ1) is 7.55. The lowest BCUT2D eigenvalue weighted by Gasteiger charge is -2.26. The summed E-state index contributed by atoms with van der Waals surface area (Å²) in [6.45, 7) is 0. The van der Waals surface area contributed by atoms with Gasteiger partial charge in [0.15, 0.2) is 6.29 Å². The normalized spacial score (nSPS) is 12.0. The number of benzene rings is 1. The summed E-state index contributed by atoms with van der Waals surface area (Å²) in [5.41, 5.74) is 1.71. The van der Waals surface area contributed by atoms with Crippen LogP contribution in [0.15, 0.2) is 24.3 Å². The Labute approximate surface area is 99.3 Å². The Kier molecular flexibility index (Phi) is 4.59. The Morgan fingerprint density at radius 1 is 1.12 bits per heavy atom. The van der Waals surface area contributed by atoms with Gasteiger partial charge >= 0.3 is 0 Å². The van der Waals surface area contributed by atoms with Crippen LogP contribution in [0.1, 0.15) is 17.4 Å². The van der Waals surface area contributed by atoms with Gasteiger partial charge in [-0.3, -0.25) is 0 Å². The second kappa shape index (κ2) is 5.53. The molecule has 0 aromatic heterocycles. The average Bonchev–Trinajstić information content (AvgIpc) is 2.31.